The molecule has 2 aromatic carbocycles. The van der Waals surface area contributed by atoms with Crippen molar-refractivity contribution >= 4 is 45.6 Å². The summed E-state index contributed by atoms with van der Waals surface area (Å²) in [6, 6.07) is 7.93. The van der Waals surface area contributed by atoms with E-state index in [1.807, 2.05) is 0 Å². The molecule has 0 bridgehead atoms. The van der Waals surface area contributed by atoms with Gasteiger partial charge in [-0.1, -0.05) is 11.6 Å². The summed E-state index contributed by atoms with van der Waals surface area (Å²) in [5.74, 6) is -3.10. The molecule has 27 heavy (non-hydrogen) atoms. The molecule has 0 spiro atoms. The summed E-state index contributed by atoms with van der Waals surface area (Å²) in [5.41, 5.74) is 0.0593. The third-order valence-electron chi connectivity index (χ3n) is 3.50. The number of aromatic carboxylic acids is 1. The number of carboxylic acids is 1. The summed E-state index contributed by atoms with van der Waals surface area (Å²) in [7, 11) is -1.83. The van der Waals surface area contributed by atoms with Gasteiger partial charge in [-0.05, 0) is 36.4 Å². The van der Waals surface area contributed by atoms with Crippen molar-refractivity contribution in [3.8, 4) is 16.9 Å². The van der Waals surface area contributed by atoms with Crippen molar-refractivity contribution in [2.45, 2.75) is 4.21 Å². The maximum absolute atomic E-state index is 14.0. The summed E-state index contributed by atoms with van der Waals surface area (Å²) in [6.07, 6.45) is 0. The normalized spacial score (nSPS) is 12.0. The van der Waals surface area contributed by atoms with Gasteiger partial charge in [0.05, 0.1) is 5.69 Å². The number of hydrogen-bond donors (Lipinski definition) is 3. The van der Waals surface area contributed by atoms with Crippen molar-refractivity contribution in [3.63, 3.8) is 0 Å². The SMILES string of the molecule is O=C(O)c1ccc(NS(=O)c2cc(-c3cc(F)ccc3F)c(Cl)s2)cc1O. The van der Waals surface area contributed by atoms with Gasteiger partial charge in [-0.2, -0.15) is 0 Å². The van der Waals surface area contributed by atoms with Crippen LogP contribution in [0.2, 0.25) is 4.34 Å². The van der Waals surface area contributed by atoms with Crippen LogP contribution < -0.4 is 4.72 Å². The molecule has 10 heteroatoms. The Morgan fingerprint density at radius 2 is 1.85 bits per heavy atom. The molecule has 140 valence electrons. The van der Waals surface area contributed by atoms with Crippen molar-refractivity contribution < 1.29 is 28.0 Å². The van der Waals surface area contributed by atoms with Gasteiger partial charge in [0.15, 0.2) is 11.0 Å². The van der Waals surface area contributed by atoms with E-state index in [2.05, 4.69) is 4.72 Å². The van der Waals surface area contributed by atoms with Crippen molar-refractivity contribution in [1.29, 1.82) is 0 Å². The highest BCUT2D eigenvalue weighted by atomic mass is 35.5. The van der Waals surface area contributed by atoms with Crippen molar-refractivity contribution in [2.75, 3.05) is 4.72 Å². The van der Waals surface area contributed by atoms with E-state index in [0.29, 0.717) is 0 Å². The quantitative estimate of drug-likeness (QED) is 0.539. The molecule has 1 atom stereocenters. The number of phenols is 1. The van der Waals surface area contributed by atoms with Crippen molar-refractivity contribution in [3.05, 3.63) is 64.0 Å². The number of benzene rings is 2. The molecule has 1 unspecified atom stereocenters. The van der Waals surface area contributed by atoms with Gasteiger partial charge in [0, 0.05) is 17.2 Å². The monoisotopic (exact) mass is 429 g/mol. The Bertz CT molecular complexity index is 1070. The predicted molar refractivity (Wildman–Crippen MR) is 99.8 cm³/mol. The standard InChI is InChI=1S/C17H10ClF2NO4S2/c18-16-12(11-5-8(19)1-4-13(11)20)7-15(26-16)27(25)21-9-2-3-10(17(23)24)14(22)6-9/h1-7,21-22H,(H,23,24). The number of carboxylic acid groups (broad SMARTS) is 1. The molecule has 3 N–H and O–H groups in total. The van der Waals surface area contributed by atoms with E-state index in [0.717, 1.165) is 41.7 Å². The molecule has 3 aromatic rings. The molecule has 0 fully saturated rings. The molecule has 1 aromatic heterocycles. The zero-order chi connectivity index (χ0) is 19.7. The molecule has 1 heterocycles. The van der Waals surface area contributed by atoms with Crippen LogP contribution in [0, 0.1) is 11.6 Å². The minimum absolute atomic E-state index is 0.0528. The lowest BCUT2D eigenvalue weighted by Gasteiger charge is -2.06. The van der Waals surface area contributed by atoms with E-state index >= 15 is 0 Å². The molecule has 0 aliphatic heterocycles. The molecule has 3 rings (SSSR count). The lowest BCUT2D eigenvalue weighted by atomic mass is 10.1. The van der Waals surface area contributed by atoms with E-state index in [4.69, 9.17) is 16.7 Å². The largest absolute Gasteiger partial charge is 0.507 e. The highest BCUT2D eigenvalue weighted by molar-refractivity contribution is 7.88. The predicted octanol–water partition coefficient (Wildman–Crippen LogP) is 4.89. The Kier molecular flexibility index (Phi) is 5.45. The summed E-state index contributed by atoms with van der Waals surface area (Å²) < 4.78 is 42.8. The number of thiophene rings is 1. The van der Waals surface area contributed by atoms with E-state index in [1.165, 1.54) is 12.1 Å². The molecule has 0 saturated heterocycles. The molecule has 0 aliphatic rings. The molecule has 0 saturated carbocycles. The van der Waals surface area contributed by atoms with E-state index in [1.54, 1.807) is 0 Å². The van der Waals surface area contributed by atoms with Crippen LogP contribution >= 0.6 is 22.9 Å². The average Bonchev–Trinajstić information content (AvgIpc) is 2.98. The molecule has 0 amide bonds. The summed E-state index contributed by atoms with van der Waals surface area (Å²) in [6.45, 7) is 0. The lowest BCUT2D eigenvalue weighted by Crippen LogP contribution is -2.04. The molecule has 5 nitrogen and oxygen atoms in total. The molecular weight excluding hydrogens is 420 g/mol. The fourth-order valence-corrected chi connectivity index (χ4v) is 4.78. The van der Waals surface area contributed by atoms with Gasteiger partial charge in [0.2, 0.25) is 0 Å². The minimum atomic E-state index is -1.83. The topological polar surface area (TPSA) is 86.6 Å². The summed E-state index contributed by atoms with van der Waals surface area (Å²) in [5, 5.41) is 18.6. The maximum atomic E-state index is 14.0. The van der Waals surface area contributed by atoms with Gasteiger partial charge in [-0.15, -0.1) is 11.3 Å². The van der Waals surface area contributed by atoms with Crippen LogP contribution in [0.4, 0.5) is 14.5 Å². The van der Waals surface area contributed by atoms with Crippen LogP contribution in [0.25, 0.3) is 11.1 Å². The smallest absolute Gasteiger partial charge is 0.339 e. The van der Waals surface area contributed by atoms with Gasteiger partial charge < -0.3 is 14.9 Å². The first-order chi connectivity index (χ1) is 12.8. The Balaban J connectivity index is 1.87. The van der Waals surface area contributed by atoms with Crippen molar-refractivity contribution in [2.24, 2.45) is 0 Å². The number of aromatic hydroxyl groups is 1. The van der Waals surface area contributed by atoms with Crippen LogP contribution in [-0.2, 0) is 11.0 Å². The fraction of sp³-hybridized carbons (Fsp3) is 0. The maximum Gasteiger partial charge on any atom is 0.339 e. The second kappa shape index (κ2) is 7.63. The van der Waals surface area contributed by atoms with Gasteiger partial charge >= 0.3 is 5.97 Å². The Morgan fingerprint density at radius 1 is 1.11 bits per heavy atom. The number of anilines is 1. The lowest BCUT2D eigenvalue weighted by molar-refractivity contribution is 0.0694. The van der Waals surface area contributed by atoms with Gasteiger partial charge in [-0.25, -0.2) is 17.8 Å². The highest BCUT2D eigenvalue weighted by Crippen LogP contribution is 2.39. The number of nitrogens with one attached hydrogen (secondary N) is 1. The third kappa shape index (κ3) is 4.10. The van der Waals surface area contributed by atoms with Gasteiger partial charge in [-0.3, -0.25) is 0 Å². The molecular formula is C17H10ClF2NO4S2. The summed E-state index contributed by atoms with van der Waals surface area (Å²) in [4.78, 5) is 10.9. The molecule has 0 radical (unpaired) electrons. The fourth-order valence-electron chi connectivity index (χ4n) is 2.26. The zero-order valence-corrected chi connectivity index (χ0v) is 15.6. The zero-order valence-electron chi connectivity index (χ0n) is 13.2. The van der Waals surface area contributed by atoms with Gasteiger partial charge in [0.25, 0.3) is 0 Å². The highest BCUT2D eigenvalue weighted by Gasteiger charge is 2.18. The minimum Gasteiger partial charge on any atom is -0.507 e. The first-order valence-corrected chi connectivity index (χ1v) is 9.60. The second-order valence-electron chi connectivity index (χ2n) is 5.28. The van der Waals surface area contributed by atoms with Crippen molar-refractivity contribution in [1.82, 2.24) is 0 Å². The van der Waals surface area contributed by atoms with Crippen LogP contribution in [0.3, 0.4) is 0 Å². The van der Waals surface area contributed by atoms with Crippen LogP contribution in [-0.4, -0.2) is 20.4 Å². The van der Waals surface area contributed by atoms with Crippen LogP contribution in [0.5, 0.6) is 5.75 Å². The first kappa shape index (κ1) is 19.3. The van der Waals surface area contributed by atoms with Crippen LogP contribution in [0.1, 0.15) is 10.4 Å². The Labute approximate surface area is 163 Å². The Morgan fingerprint density at radius 3 is 2.52 bits per heavy atom. The summed E-state index contributed by atoms with van der Waals surface area (Å²) >= 11 is 7.01. The van der Waals surface area contributed by atoms with Crippen LogP contribution in [0.15, 0.2) is 46.7 Å². The number of carbonyl (C=O) groups is 1. The van der Waals surface area contributed by atoms with E-state index in [-0.39, 0.29) is 30.9 Å². The Hall–Kier alpha value is -2.49. The average molecular weight is 430 g/mol. The van der Waals surface area contributed by atoms with E-state index in [9.17, 15) is 22.9 Å². The van der Waals surface area contributed by atoms with Gasteiger partial charge in [0.1, 0.15) is 31.5 Å². The molecule has 0 aliphatic carbocycles. The van der Waals surface area contributed by atoms with E-state index < -0.39 is 34.3 Å². The third-order valence-corrected chi connectivity index (χ3v) is 6.27. The number of hydrogen-bond acceptors (Lipinski definition) is 4. The number of rotatable bonds is 5. The number of halogens is 3. The second-order valence-corrected chi connectivity index (χ2v) is 8.38. The first-order valence-electron chi connectivity index (χ1n) is 7.25.